The van der Waals surface area contributed by atoms with Crippen molar-refractivity contribution < 1.29 is 4.74 Å². The zero-order valence-corrected chi connectivity index (χ0v) is 13.6. The molecular weight excluding hydrogens is 250 g/mol. The van der Waals surface area contributed by atoms with Crippen molar-refractivity contribution >= 4 is 5.96 Å². The van der Waals surface area contributed by atoms with E-state index < -0.39 is 0 Å². The second kappa shape index (κ2) is 11.0. The molecule has 0 spiro atoms. The highest BCUT2D eigenvalue weighted by Crippen LogP contribution is 2.30. The van der Waals surface area contributed by atoms with Gasteiger partial charge >= 0.3 is 0 Å². The lowest BCUT2D eigenvalue weighted by Gasteiger charge is -2.24. The molecule has 1 atom stereocenters. The Bertz CT molecular complexity index is 262. The van der Waals surface area contributed by atoms with Crippen LogP contribution in [0.25, 0.3) is 0 Å². The molecule has 0 aromatic heterocycles. The summed E-state index contributed by atoms with van der Waals surface area (Å²) in [5.41, 5.74) is 0. The molecule has 118 valence electrons. The molecule has 0 heterocycles. The summed E-state index contributed by atoms with van der Waals surface area (Å²) in [6.07, 6.45) is 9.32. The zero-order valence-electron chi connectivity index (χ0n) is 13.6. The minimum absolute atomic E-state index is 0.420. The van der Waals surface area contributed by atoms with Crippen molar-refractivity contribution in [2.24, 2.45) is 10.9 Å². The zero-order chi connectivity index (χ0) is 14.6. The summed E-state index contributed by atoms with van der Waals surface area (Å²) < 4.78 is 5.94. The normalized spacial score (nSPS) is 18.2. The molecule has 0 bridgehead atoms. The fourth-order valence-electron chi connectivity index (χ4n) is 2.94. The maximum Gasteiger partial charge on any atom is 0.190 e. The highest BCUT2D eigenvalue weighted by atomic mass is 16.5. The third-order valence-corrected chi connectivity index (χ3v) is 4.07. The van der Waals surface area contributed by atoms with Crippen molar-refractivity contribution in [2.45, 2.75) is 64.9 Å². The molecule has 4 heteroatoms. The van der Waals surface area contributed by atoms with Crippen LogP contribution in [0.4, 0.5) is 0 Å². The number of hydrogen-bond acceptors (Lipinski definition) is 2. The van der Waals surface area contributed by atoms with E-state index in [1.807, 2.05) is 7.05 Å². The van der Waals surface area contributed by atoms with Gasteiger partial charge in [-0.3, -0.25) is 4.99 Å². The second-order valence-corrected chi connectivity index (χ2v) is 5.61. The van der Waals surface area contributed by atoms with Crippen molar-refractivity contribution in [1.82, 2.24) is 10.6 Å². The number of rotatable bonds is 9. The highest BCUT2D eigenvalue weighted by molar-refractivity contribution is 5.79. The van der Waals surface area contributed by atoms with Gasteiger partial charge in [-0.15, -0.1) is 0 Å². The molecule has 0 aromatic rings. The molecular formula is C16H33N3O. The van der Waals surface area contributed by atoms with Gasteiger partial charge in [-0.25, -0.2) is 0 Å². The molecule has 0 saturated heterocycles. The Morgan fingerprint density at radius 1 is 1.20 bits per heavy atom. The Morgan fingerprint density at radius 3 is 2.50 bits per heavy atom. The van der Waals surface area contributed by atoms with Crippen LogP contribution in [-0.2, 0) is 4.74 Å². The average molecular weight is 283 g/mol. The molecule has 1 aliphatic carbocycles. The number of nitrogens with zero attached hydrogens (tertiary/aromatic N) is 1. The largest absolute Gasteiger partial charge is 0.378 e. The molecule has 1 aliphatic rings. The van der Waals surface area contributed by atoms with E-state index in [0.717, 1.165) is 38.0 Å². The van der Waals surface area contributed by atoms with Gasteiger partial charge in [0.15, 0.2) is 5.96 Å². The molecule has 0 aromatic carbocycles. The smallest absolute Gasteiger partial charge is 0.190 e. The lowest BCUT2D eigenvalue weighted by molar-refractivity contribution is 0.0169. The predicted molar refractivity (Wildman–Crippen MR) is 86.3 cm³/mol. The summed E-state index contributed by atoms with van der Waals surface area (Å²) in [6.45, 7) is 7.05. The summed E-state index contributed by atoms with van der Waals surface area (Å²) in [6, 6.07) is 0. The maximum absolute atomic E-state index is 5.94. The van der Waals surface area contributed by atoms with Crippen LogP contribution in [0.15, 0.2) is 4.99 Å². The quantitative estimate of drug-likeness (QED) is 0.388. The van der Waals surface area contributed by atoms with Crippen LogP contribution in [0, 0.1) is 5.92 Å². The van der Waals surface area contributed by atoms with Crippen molar-refractivity contribution in [1.29, 1.82) is 0 Å². The lowest BCUT2D eigenvalue weighted by Crippen LogP contribution is -2.39. The van der Waals surface area contributed by atoms with E-state index in [9.17, 15) is 0 Å². The number of guanidine groups is 1. The first-order valence-corrected chi connectivity index (χ1v) is 8.37. The number of hydrogen-bond donors (Lipinski definition) is 2. The number of nitrogens with one attached hydrogen (secondary N) is 2. The fourth-order valence-corrected chi connectivity index (χ4v) is 2.94. The van der Waals surface area contributed by atoms with Gasteiger partial charge in [-0.05, 0) is 38.5 Å². The lowest BCUT2D eigenvalue weighted by atomic mass is 9.98. The summed E-state index contributed by atoms with van der Waals surface area (Å²) in [5.74, 6) is 1.69. The second-order valence-electron chi connectivity index (χ2n) is 5.61. The van der Waals surface area contributed by atoms with Crippen LogP contribution in [0.5, 0.6) is 0 Å². The summed E-state index contributed by atoms with van der Waals surface area (Å²) >= 11 is 0. The van der Waals surface area contributed by atoms with Gasteiger partial charge in [0, 0.05) is 26.7 Å². The van der Waals surface area contributed by atoms with Crippen LogP contribution >= 0.6 is 0 Å². The topological polar surface area (TPSA) is 45.7 Å². The average Bonchev–Trinajstić information content (AvgIpc) is 2.99. The van der Waals surface area contributed by atoms with E-state index in [1.165, 1.54) is 38.5 Å². The molecule has 1 unspecified atom stereocenters. The van der Waals surface area contributed by atoms with Crippen LogP contribution in [0.1, 0.15) is 58.8 Å². The first-order chi connectivity index (χ1) is 9.81. The monoisotopic (exact) mass is 283 g/mol. The molecule has 2 N–H and O–H groups in total. The van der Waals surface area contributed by atoms with Gasteiger partial charge < -0.3 is 15.4 Å². The minimum atomic E-state index is 0.420. The van der Waals surface area contributed by atoms with Crippen molar-refractivity contribution in [2.75, 3.05) is 26.7 Å². The van der Waals surface area contributed by atoms with Crippen molar-refractivity contribution in [3.8, 4) is 0 Å². The van der Waals surface area contributed by atoms with Gasteiger partial charge in [0.05, 0.1) is 6.10 Å². The van der Waals surface area contributed by atoms with Crippen LogP contribution in [0.3, 0.4) is 0 Å². The number of ether oxygens (including phenoxy) is 1. The molecule has 0 aliphatic heterocycles. The van der Waals surface area contributed by atoms with Crippen molar-refractivity contribution in [3.63, 3.8) is 0 Å². The molecule has 0 radical (unpaired) electrons. The Labute approximate surface area is 124 Å². The van der Waals surface area contributed by atoms with Crippen LogP contribution in [-0.4, -0.2) is 38.8 Å². The van der Waals surface area contributed by atoms with E-state index in [-0.39, 0.29) is 0 Å². The third kappa shape index (κ3) is 6.60. The van der Waals surface area contributed by atoms with E-state index in [4.69, 9.17) is 4.74 Å². The molecule has 0 amide bonds. The SMILES string of the molecule is CCCCNC(=NC)NCCC(OCC)C1CCCC1. The van der Waals surface area contributed by atoms with Gasteiger partial charge in [0.25, 0.3) is 0 Å². The standard InChI is InChI=1S/C16H33N3O/c1-4-6-12-18-16(17-3)19-13-11-15(20-5-2)14-9-7-8-10-14/h14-15H,4-13H2,1-3H3,(H2,17,18,19). The summed E-state index contributed by atoms with van der Waals surface area (Å²) in [4.78, 5) is 4.25. The van der Waals surface area contributed by atoms with Crippen molar-refractivity contribution in [3.05, 3.63) is 0 Å². The van der Waals surface area contributed by atoms with E-state index in [1.54, 1.807) is 0 Å². The number of unbranched alkanes of at least 4 members (excludes halogenated alkanes) is 1. The van der Waals surface area contributed by atoms with E-state index >= 15 is 0 Å². The fraction of sp³-hybridized carbons (Fsp3) is 0.938. The Balaban J connectivity index is 2.24. The van der Waals surface area contributed by atoms with E-state index in [0.29, 0.717) is 6.10 Å². The molecule has 1 saturated carbocycles. The van der Waals surface area contributed by atoms with Crippen LogP contribution in [0.2, 0.25) is 0 Å². The predicted octanol–water partition coefficient (Wildman–Crippen LogP) is 2.94. The van der Waals surface area contributed by atoms with Gasteiger partial charge in [0.1, 0.15) is 0 Å². The minimum Gasteiger partial charge on any atom is -0.378 e. The summed E-state index contributed by atoms with van der Waals surface area (Å²) in [7, 11) is 1.83. The molecule has 4 nitrogen and oxygen atoms in total. The maximum atomic E-state index is 5.94. The number of aliphatic imine (C=N–C) groups is 1. The van der Waals surface area contributed by atoms with Crippen LogP contribution < -0.4 is 10.6 Å². The molecule has 1 rings (SSSR count). The molecule has 20 heavy (non-hydrogen) atoms. The third-order valence-electron chi connectivity index (χ3n) is 4.07. The first-order valence-electron chi connectivity index (χ1n) is 8.37. The Hall–Kier alpha value is -0.770. The molecule has 1 fully saturated rings. The Kier molecular flexibility index (Phi) is 9.46. The van der Waals surface area contributed by atoms with E-state index in [2.05, 4.69) is 29.5 Å². The first kappa shape index (κ1) is 17.3. The Morgan fingerprint density at radius 2 is 1.90 bits per heavy atom. The highest BCUT2D eigenvalue weighted by Gasteiger charge is 2.24. The van der Waals surface area contributed by atoms with Gasteiger partial charge in [0.2, 0.25) is 0 Å². The summed E-state index contributed by atoms with van der Waals surface area (Å²) in [5, 5.41) is 6.74. The van der Waals surface area contributed by atoms with Gasteiger partial charge in [-0.1, -0.05) is 26.2 Å². The van der Waals surface area contributed by atoms with Gasteiger partial charge in [-0.2, -0.15) is 0 Å².